The summed E-state index contributed by atoms with van der Waals surface area (Å²) in [5.41, 5.74) is 0. The number of carbonyl (C=O) groups excluding carboxylic acids is 3. The smallest absolute Gasteiger partial charge is 0.248 e. The molecule has 4 atom stereocenters. The number of ether oxygens (including phenoxy) is 1. The Morgan fingerprint density at radius 1 is 1.05 bits per heavy atom. The number of hydrogen-bond acceptors (Lipinski definition) is 10. The van der Waals surface area contributed by atoms with Crippen molar-refractivity contribution in [2.75, 3.05) is 32.9 Å². The number of amides is 3. The third-order valence-electron chi connectivity index (χ3n) is 7.68. The van der Waals surface area contributed by atoms with Gasteiger partial charge in [-0.1, -0.05) is 19.8 Å². The average Bonchev–Trinajstić information content (AvgIpc) is 3.41. The molecule has 2 aliphatic heterocycles. The van der Waals surface area contributed by atoms with Crippen LogP contribution in [0.1, 0.15) is 71.1 Å². The van der Waals surface area contributed by atoms with Gasteiger partial charge in [0.05, 0.1) is 19.3 Å². The Balaban J connectivity index is 1.19. The van der Waals surface area contributed by atoms with E-state index in [1.54, 1.807) is 6.92 Å². The van der Waals surface area contributed by atoms with E-state index in [-0.39, 0.29) is 48.7 Å². The summed E-state index contributed by atoms with van der Waals surface area (Å²) in [5.74, 6) is -0.0182. The van der Waals surface area contributed by atoms with Gasteiger partial charge in [0.1, 0.15) is 6.10 Å². The maximum atomic E-state index is 12.5. The zero-order valence-electron chi connectivity index (χ0n) is 23.4. The van der Waals surface area contributed by atoms with E-state index in [1.807, 2.05) is 0 Å². The summed E-state index contributed by atoms with van der Waals surface area (Å²) in [6, 6.07) is 0. The van der Waals surface area contributed by atoms with E-state index in [0.717, 1.165) is 44.9 Å². The van der Waals surface area contributed by atoms with Gasteiger partial charge in [0, 0.05) is 44.4 Å². The third-order valence-corrected chi connectivity index (χ3v) is 9.43. The second kappa shape index (κ2) is 15.4. The number of hydrogen-bond donors (Lipinski definition) is 4. The molecular weight excluding hydrogens is 562 g/mol. The molecule has 0 radical (unpaired) electrons. The molecule has 2 saturated heterocycles. The Labute approximate surface area is 237 Å². The van der Waals surface area contributed by atoms with Crippen LogP contribution in [-0.4, -0.2) is 95.0 Å². The zero-order valence-corrected chi connectivity index (χ0v) is 25.2. The molecule has 3 amide bonds. The fourth-order valence-electron chi connectivity index (χ4n) is 5.40. The van der Waals surface area contributed by atoms with Gasteiger partial charge in [0.25, 0.3) is 0 Å². The van der Waals surface area contributed by atoms with Crippen LogP contribution in [0.4, 0.5) is 0 Å². The molecule has 230 valence electrons. The quantitative estimate of drug-likeness (QED) is 0.116. The minimum absolute atomic E-state index is 0.0150. The van der Waals surface area contributed by atoms with Gasteiger partial charge in [-0.05, 0) is 57.0 Å². The predicted molar refractivity (Wildman–Crippen MR) is 153 cm³/mol. The number of nitrogens with one attached hydrogen (secondary N) is 1. The first-order chi connectivity index (χ1) is 18.8. The summed E-state index contributed by atoms with van der Waals surface area (Å²) in [6.07, 6.45) is 13.0. The first kappa shape index (κ1) is 33.4. The van der Waals surface area contributed by atoms with Crippen molar-refractivity contribution in [1.29, 1.82) is 0 Å². The van der Waals surface area contributed by atoms with Crippen molar-refractivity contribution >= 4 is 45.5 Å². The number of unbranched alkanes of at least 4 members (excludes halogenated alkanes) is 3. The van der Waals surface area contributed by atoms with Crippen LogP contribution >= 0.6 is 15.1 Å². The number of rotatable bonds is 16. The van der Waals surface area contributed by atoms with E-state index >= 15 is 0 Å². The predicted octanol–water partition coefficient (Wildman–Crippen LogP) is 2.44. The highest BCUT2D eigenvalue weighted by molar-refractivity contribution is 7.58. The Kier molecular flexibility index (Phi) is 12.9. The summed E-state index contributed by atoms with van der Waals surface area (Å²) >= 11 is 0. The third kappa shape index (κ3) is 11.0. The maximum Gasteiger partial charge on any atom is 0.248 e. The zero-order chi connectivity index (χ0) is 29.3. The van der Waals surface area contributed by atoms with Crippen molar-refractivity contribution in [2.24, 2.45) is 17.8 Å². The van der Waals surface area contributed by atoms with Gasteiger partial charge in [0.15, 0.2) is 0 Å². The number of imide groups is 1. The normalized spacial score (nSPS) is 29.1. The molecule has 0 spiro atoms. The minimum atomic E-state index is -3.65. The van der Waals surface area contributed by atoms with Gasteiger partial charge in [-0.3, -0.25) is 19.3 Å². The summed E-state index contributed by atoms with van der Waals surface area (Å²) in [5, 5.41) is 3.03. The summed E-state index contributed by atoms with van der Waals surface area (Å²) < 4.78 is 21.5. The molecule has 4 unspecified atom stereocenters. The Bertz CT molecular complexity index is 965. The average molecular weight is 609 g/mol. The molecule has 3 rings (SSSR count). The highest BCUT2D eigenvalue weighted by Gasteiger charge is 2.38. The maximum absolute atomic E-state index is 12.5. The monoisotopic (exact) mass is 608 g/mol. The van der Waals surface area contributed by atoms with E-state index in [0.29, 0.717) is 39.0 Å². The molecule has 4 N–H and O–H groups in total. The summed E-state index contributed by atoms with van der Waals surface area (Å²) in [7, 11) is -6.95. The molecule has 0 aromatic heterocycles. The Morgan fingerprint density at radius 3 is 2.40 bits per heavy atom. The van der Waals surface area contributed by atoms with Crippen LogP contribution in [-0.2, 0) is 32.7 Å². The van der Waals surface area contributed by atoms with E-state index in [1.165, 1.54) is 4.90 Å². The Morgan fingerprint density at radius 2 is 1.75 bits per heavy atom. The van der Waals surface area contributed by atoms with Gasteiger partial charge in [-0.25, -0.2) is 0 Å². The molecule has 0 bridgehead atoms. The van der Waals surface area contributed by atoms with Crippen LogP contribution in [0.2, 0.25) is 0 Å². The van der Waals surface area contributed by atoms with Crippen LogP contribution < -0.4 is 5.32 Å². The lowest BCUT2D eigenvalue weighted by Crippen LogP contribution is -2.38. The first-order valence-corrected chi connectivity index (χ1v) is 17.8. The van der Waals surface area contributed by atoms with Crippen molar-refractivity contribution in [2.45, 2.75) is 83.3 Å². The summed E-state index contributed by atoms with van der Waals surface area (Å²) in [4.78, 5) is 67.3. The molecule has 3 fully saturated rings. The lowest BCUT2D eigenvalue weighted by Gasteiger charge is -2.30. The largest absolute Gasteiger partial charge is 0.373 e. The molecule has 40 heavy (non-hydrogen) atoms. The van der Waals surface area contributed by atoms with Gasteiger partial charge >= 0.3 is 0 Å². The molecule has 0 aromatic carbocycles. The number of likely N-dealkylation sites (tertiary alicyclic amines) is 1. The van der Waals surface area contributed by atoms with Crippen LogP contribution in [0.25, 0.3) is 0 Å². The molecule has 0 aromatic rings. The van der Waals surface area contributed by atoms with E-state index in [4.69, 9.17) is 18.3 Å². The van der Waals surface area contributed by atoms with Crippen molar-refractivity contribution in [3.05, 3.63) is 0 Å². The van der Waals surface area contributed by atoms with Crippen LogP contribution in [0.15, 0.2) is 0 Å². The fraction of sp³-hybridized carbons (Fsp3) is 0.808. The SMILES string of the molecule is C=P(O)(O)OC1CCOC1COP(=C)(O)OCCCCCCNC(=O)C1CCC(CN2C(=O)CC(C)C2=O)CC1. The van der Waals surface area contributed by atoms with Crippen LogP contribution in [0, 0.1) is 17.8 Å². The molecule has 3 aliphatic rings. The highest BCUT2D eigenvalue weighted by Crippen LogP contribution is 2.45. The Hall–Kier alpha value is -1.07. The van der Waals surface area contributed by atoms with E-state index in [9.17, 15) is 29.1 Å². The second-order valence-electron chi connectivity index (χ2n) is 11.1. The van der Waals surface area contributed by atoms with E-state index in [2.05, 4.69) is 17.9 Å². The van der Waals surface area contributed by atoms with Crippen molar-refractivity contribution in [1.82, 2.24) is 10.2 Å². The fourth-order valence-corrected chi connectivity index (χ4v) is 6.94. The molecule has 14 heteroatoms. The molecular formula is C26H46N2O10P2. The van der Waals surface area contributed by atoms with Gasteiger partial charge in [0.2, 0.25) is 32.9 Å². The lowest BCUT2D eigenvalue weighted by molar-refractivity contribution is -0.140. The molecule has 2 heterocycles. The van der Waals surface area contributed by atoms with E-state index < -0.39 is 27.3 Å². The summed E-state index contributed by atoms with van der Waals surface area (Å²) in [6.45, 7) is 3.49. The van der Waals surface area contributed by atoms with Gasteiger partial charge in [-0.15, -0.1) is 0 Å². The first-order valence-electron chi connectivity index (χ1n) is 14.2. The van der Waals surface area contributed by atoms with Crippen LogP contribution in [0.5, 0.6) is 0 Å². The number of nitrogens with zero attached hydrogens (tertiary/aromatic N) is 1. The van der Waals surface area contributed by atoms with Crippen molar-refractivity contribution in [3.63, 3.8) is 0 Å². The van der Waals surface area contributed by atoms with Crippen molar-refractivity contribution < 1.29 is 47.4 Å². The topological polar surface area (TPSA) is 164 Å². The minimum Gasteiger partial charge on any atom is -0.373 e. The van der Waals surface area contributed by atoms with Crippen LogP contribution in [0.3, 0.4) is 0 Å². The van der Waals surface area contributed by atoms with Gasteiger partial charge in [-0.2, -0.15) is 0 Å². The molecule has 12 nitrogen and oxygen atoms in total. The standard InChI is InChI=1S/C26H46N2O10P2/c1-19-16-24(29)28(26(19)31)17-20-8-10-21(11-9-20)25(30)27-13-6-4-5-7-14-36-40(3,34)37-18-23-22(12-15-35-23)38-39(2,32)33/h19-23,32-34H,2-18H2,1H3,(H,27,30). The lowest BCUT2D eigenvalue weighted by atomic mass is 9.81. The second-order valence-corrected chi connectivity index (χ2v) is 14.5. The van der Waals surface area contributed by atoms with Gasteiger partial charge < -0.3 is 38.3 Å². The molecule has 1 saturated carbocycles. The number of carbonyl (C=O) groups is 3. The highest BCUT2D eigenvalue weighted by atomic mass is 31.2. The molecule has 1 aliphatic carbocycles. The van der Waals surface area contributed by atoms with Crippen molar-refractivity contribution in [3.8, 4) is 0 Å².